The maximum atomic E-state index is 5.17. The first kappa shape index (κ1) is 16.0. The molecule has 0 bridgehead atoms. The number of nitrogens with one attached hydrogen (secondary N) is 1. The van der Waals surface area contributed by atoms with Crippen LogP contribution >= 0.6 is 0 Å². The fourth-order valence-corrected chi connectivity index (χ4v) is 2.03. The van der Waals surface area contributed by atoms with Gasteiger partial charge in [-0.25, -0.2) is 0 Å². The van der Waals surface area contributed by atoms with Crippen LogP contribution in [-0.4, -0.2) is 19.2 Å². The Hall–Kier alpha value is -1.02. The van der Waals surface area contributed by atoms with E-state index in [0.29, 0.717) is 0 Å². The number of methoxy groups -OCH3 is 1. The Labute approximate surface area is 118 Å². The van der Waals surface area contributed by atoms with Gasteiger partial charge in [0.05, 0.1) is 7.11 Å². The Balaban J connectivity index is 2.22. The van der Waals surface area contributed by atoms with E-state index in [-0.39, 0.29) is 5.54 Å². The van der Waals surface area contributed by atoms with Crippen LogP contribution in [0, 0.1) is 5.92 Å². The van der Waals surface area contributed by atoms with Crippen molar-refractivity contribution in [2.24, 2.45) is 5.92 Å². The smallest absolute Gasteiger partial charge is 0.118 e. The van der Waals surface area contributed by atoms with Gasteiger partial charge in [-0.05, 0) is 70.2 Å². The Morgan fingerprint density at radius 3 is 2.32 bits per heavy atom. The number of rotatable bonds is 7. The Morgan fingerprint density at radius 1 is 1.16 bits per heavy atom. The SMILES string of the molecule is COc1ccc(CCCC(C)CNC(C)(C)C)cc1. The first-order chi connectivity index (χ1) is 8.90. The summed E-state index contributed by atoms with van der Waals surface area (Å²) >= 11 is 0. The first-order valence-corrected chi connectivity index (χ1v) is 7.28. The van der Waals surface area contributed by atoms with Crippen LogP contribution in [0.3, 0.4) is 0 Å². The molecule has 1 rings (SSSR count). The Morgan fingerprint density at radius 2 is 1.79 bits per heavy atom. The van der Waals surface area contributed by atoms with Crippen molar-refractivity contribution in [3.63, 3.8) is 0 Å². The zero-order valence-corrected chi connectivity index (χ0v) is 13.1. The van der Waals surface area contributed by atoms with Gasteiger partial charge in [-0.3, -0.25) is 0 Å². The summed E-state index contributed by atoms with van der Waals surface area (Å²) in [4.78, 5) is 0. The lowest BCUT2D eigenvalue weighted by molar-refractivity contribution is 0.368. The van der Waals surface area contributed by atoms with Crippen molar-refractivity contribution in [2.45, 2.75) is 52.5 Å². The van der Waals surface area contributed by atoms with E-state index < -0.39 is 0 Å². The van der Waals surface area contributed by atoms with E-state index in [4.69, 9.17) is 4.74 Å². The third-order valence-corrected chi connectivity index (χ3v) is 3.30. The minimum Gasteiger partial charge on any atom is -0.497 e. The summed E-state index contributed by atoms with van der Waals surface area (Å²) in [7, 11) is 1.71. The van der Waals surface area contributed by atoms with E-state index in [1.165, 1.54) is 18.4 Å². The maximum Gasteiger partial charge on any atom is 0.118 e. The molecule has 108 valence electrons. The van der Waals surface area contributed by atoms with Gasteiger partial charge in [0.1, 0.15) is 5.75 Å². The second-order valence-corrected chi connectivity index (χ2v) is 6.48. The summed E-state index contributed by atoms with van der Waals surface area (Å²) in [5, 5.41) is 3.57. The molecule has 0 spiro atoms. The van der Waals surface area contributed by atoms with Gasteiger partial charge in [0, 0.05) is 5.54 Å². The zero-order valence-electron chi connectivity index (χ0n) is 13.1. The lowest BCUT2D eigenvalue weighted by Gasteiger charge is -2.23. The highest BCUT2D eigenvalue weighted by Crippen LogP contribution is 2.15. The van der Waals surface area contributed by atoms with Gasteiger partial charge in [-0.2, -0.15) is 0 Å². The van der Waals surface area contributed by atoms with Crippen LogP contribution in [-0.2, 0) is 6.42 Å². The molecule has 0 aromatic heterocycles. The van der Waals surface area contributed by atoms with Crippen molar-refractivity contribution in [3.8, 4) is 5.75 Å². The quantitative estimate of drug-likeness (QED) is 0.801. The van der Waals surface area contributed by atoms with Gasteiger partial charge in [0.15, 0.2) is 0 Å². The Bertz CT molecular complexity index is 351. The average molecular weight is 263 g/mol. The Kier molecular flexibility index (Phi) is 6.36. The molecule has 0 saturated heterocycles. The molecule has 1 N–H and O–H groups in total. The highest BCUT2D eigenvalue weighted by Gasteiger charge is 2.10. The van der Waals surface area contributed by atoms with Gasteiger partial charge in [-0.1, -0.05) is 19.1 Å². The standard InChI is InChI=1S/C17H29NO/c1-14(13-18-17(2,3)4)7-6-8-15-9-11-16(19-5)12-10-15/h9-12,14,18H,6-8,13H2,1-5H3. The lowest BCUT2D eigenvalue weighted by atomic mass is 9.99. The van der Waals surface area contributed by atoms with E-state index in [2.05, 4.69) is 45.1 Å². The molecule has 1 aromatic carbocycles. The fraction of sp³-hybridized carbons (Fsp3) is 0.647. The van der Waals surface area contributed by atoms with Crippen molar-refractivity contribution in [3.05, 3.63) is 29.8 Å². The molecule has 1 unspecified atom stereocenters. The number of benzene rings is 1. The average Bonchev–Trinajstić information content (AvgIpc) is 2.36. The normalized spacial score (nSPS) is 13.3. The number of hydrogen-bond donors (Lipinski definition) is 1. The summed E-state index contributed by atoms with van der Waals surface area (Å²) in [5.74, 6) is 1.67. The van der Waals surface area contributed by atoms with Crippen LogP contribution in [0.15, 0.2) is 24.3 Å². The van der Waals surface area contributed by atoms with Crippen LogP contribution in [0.1, 0.15) is 46.1 Å². The van der Waals surface area contributed by atoms with E-state index >= 15 is 0 Å². The molecule has 0 aliphatic rings. The third kappa shape index (κ3) is 7.22. The molecule has 1 aromatic rings. The number of hydrogen-bond acceptors (Lipinski definition) is 2. The summed E-state index contributed by atoms with van der Waals surface area (Å²) in [6.07, 6.45) is 3.68. The molecule has 0 heterocycles. The fourth-order valence-electron chi connectivity index (χ4n) is 2.03. The van der Waals surface area contributed by atoms with E-state index in [0.717, 1.165) is 24.6 Å². The number of aryl methyl sites for hydroxylation is 1. The molecule has 19 heavy (non-hydrogen) atoms. The molecule has 2 heteroatoms. The van der Waals surface area contributed by atoms with Gasteiger partial charge < -0.3 is 10.1 Å². The second-order valence-electron chi connectivity index (χ2n) is 6.48. The molecular weight excluding hydrogens is 234 g/mol. The van der Waals surface area contributed by atoms with Gasteiger partial charge in [-0.15, -0.1) is 0 Å². The van der Waals surface area contributed by atoms with Crippen molar-refractivity contribution in [1.29, 1.82) is 0 Å². The topological polar surface area (TPSA) is 21.3 Å². The third-order valence-electron chi connectivity index (χ3n) is 3.30. The van der Waals surface area contributed by atoms with Gasteiger partial charge in [0.25, 0.3) is 0 Å². The molecule has 0 radical (unpaired) electrons. The predicted octanol–water partition coefficient (Wildman–Crippen LogP) is 4.04. The van der Waals surface area contributed by atoms with E-state index in [1.54, 1.807) is 7.11 Å². The highest BCUT2D eigenvalue weighted by atomic mass is 16.5. The molecule has 0 aliphatic heterocycles. The predicted molar refractivity (Wildman–Crippen MR) is 82.9 cm³/mol. The van der Waals surface area contributed by atoms with Crippen molar-refractivity contribution < 1.29 is 4.74 Å². The van der Waals surface area contributed by atoms with Crippen LogP contribution < -0.4 is 10.1 Å². The first-order valence-electron chi connectivity index (χ1n) is 7.28. The maximum absolute atomic E-state index is 5.17. The van der Waals surface area contributed by atoms with E-state index in [1.807, 2.05) is 12.1 Å². The van der Waals surface area contributed by atoms with Crippen LogP contribution in [0.5, 0.6) is 5.75 Å². The van der Waals surface area contributed by atoms with Gasteiger partial charge >= 0.3 is 0 Å². The van der Waals surface area contributed by atoms with Crippen molar-refractivity contribution in [1.82, 2.24) is 5.32 Å². The lowest BCUT2D eigenvalue weighted by Crippen LogP contribution is -2.38. The largest absolute Gasteiger partial charge is 0.497 e. The monoisotopic (exact) mass is 263 g/mol. The zero-order chi connectivity index (χ0) is 14.3. The molecule has 0 saturated carbocycles. The van der Waals surface area contributed by atoms with E-state index in [9.17, 15) is 0 Å². The molecule has 2 nitrogen and oxygen atoms in total. The summed E-state index contributed by atoms with van der Waals surface area (Å²) in [5.41, 5.74) is 1.63. The van der Waals surface area contributed by atoms with Crippen LogP contribution in [0.4, 0.5) is 0 Å². The summed E-state index contributed by atoms with van der Waals surface area (Å²) in [6.45, 7) is 10.1. The minimum atomic E-state index is 0.226. The molecule has 0 amide bonds. The minimum absolute atomic E-state index is 0.226. The van der Waals surface area contributed by atoms with Crippen LogP contribution in [0.2, 0.25) is 0 Å². The molecular formula is C17H29NO. The molecule has 0 aliphatic carbocycles. The van der Waals surface area contributed by atoms with Crippen molar-refractivity contribution >= 4 is 0 Å². The number of ether oxygens (including phenoxy) is 1. The van der Waals surface area contributed by atoms with Crippen molar-refractivity contribution in [2.75, 3.05) is 13.7 Å². The molecule has 0 fully saturated rings. The van der Waals surface area contributed by atoms with Crippen LogP contribution in [0.25, 0.3) is 0 Å². The summed E-state index contributed by atoms with van der Waals surface area (Å²) in [6, 6.07) is 8.41. The second kappa shape index (κ2) is 7.54. The summed E-state index contributed by atoms with van der Waals surface area (Å²) < 4.78 is 5.17. The van der Waals surface area contributed by atoms with Gasteiger partial charge in [0.2, 0.25) is 0 Å². The highest BCUT2D eigenvalue weighted by molar-refractivity contribution is 5.27. The molecule has 1 atom stereocenters.